The highest BCUT2D eigenvalue weighted by Crippen LogP contribution is 2.34. The molecule has 3 radical (unpaired) electrons. The first kappa shape index (κ1) is 38.3. The number of ether oxygens (including phenoxy) is 2. The number of hydrogen-bond acceptors (Lipinski definition) is 4. The molecule has 0 bridgehead atoms. The Morgan fingerprint density at radius 1 is 0.923 bits per heavy atom. The molecule has 267 valence electrons. The third kappa shape index (κ3) is 8.40. The summed E-state index contributed by atoms with van der Waals surface area (Å²) in [5.41, 5.74) is 7.01. The molecule has 0 heterocycles. The lowest BCUT2D eigenvalue weighted by Gasteiger charge is -2.23. The fraction of sp³-hybridized carbons (Fsp3) is 0.250. The summed E-state index contributed by atoms with van der Waals surface area (Å²) in [4.78, 5) is 14.2. The van der Waals surface area contributed by atoms with E-state index in [-0.39, 0.29) is 17.6 Å². The number of benzene rings is 3. The number of aliphatic hydroxyl groups excluding tert-OH is 1. The van der Waals surface area contributed by atoms with Crippen molar-refractivity contribution in [2.24, 2.45) is 11.8 Å². The SMILES string of the molecule is C=C/C=c1\c(C=C)cc(C(=O)[CH]C(C)C)c(OC(C)Oc2ccccc2C2=C(C)C=CC=C[CH]2)\c1=c1/c(C)c(C(O)CC(C)C)cc2c1=C[CH]C=C2. The van der Waals surface area contributed by atoms with Gasteiger partial charge in [-0.15, -0.1) is 0 Å². The van der Waals surface area contributed by atoms with Crippen LogP contribution in [-0.4, -0.2) is 17.2 Å². The highest BCUT2D eigenvalue weighted by Gasteiger charge is 2.24. The molecule has 2 aliphatic carbocycles. The van der Waals surface area contributed by atoms with E-state index in [9.17, 15) is 9.90 Å². The second kappa shape index (κ2) is 17.1. The van der Waals surface area contributed by atoms with Gasteiger partial charge in [-0.2, -0.15) is 0 Å². The third-order valence-electron chi connectivity index (χ3n) is 9.27. The Labute approximate surface area is 309 Å². The van der Waals surface area contributed by atoms with Gasteiger partial charge in [-0.1, -0.05) is 120 Å². The molecule has 0 amide bonds. The minimum Gasteiger partial charge on any atom is -0.455 e. The summed E-state index contributed by atoms with van der Waals surface area (Å²) in [6.07, 6.45) is 24.6. The Bertz CT molecular complexity index is 2210. The van der Waals surface area contributed by atoms with Crippen molar-refractivity contribution in [2.45, 2.75) is 67.3 Å². The van der Waals surface area contributed by atoms with Crippen molar-refractivity contribution in [3.63, 3.8) is 0 Å². The predicted octanol–water partition coefficient (Wildman–Crippen LogP) is 9.93. The Morgan fingerprint density at radius 2 is 1.69 bits per heavy atom. The minimum atomic E-state index is -0.810. The fourth-order valence-electron chi connectivity index (χ4n) is 6.93. The summed E-state index contributed by atoms with van der Waals surface area (Å²) in [6, 6.07) is 11.9. The summed E-state index contributed by atoms with van der Waals surface area (Å²) in [6.45, 7) is 22.4. The summed E-state index contributed by atoms with van der Waals surface area (Å²) >= 11 is 0. The van der Waals surface area contributed by atoms with Gasteiger partial charge in [-0.25, -0.2) is 0 Å². The van der Waals surface area contributed by atoms with Crippen LogP contribution in [0, 0.1) is 48.5 Å². The van der Waals surface area contributed by atoms with Crippen LogP contribution in [0.4, 0.5) is 0 Å². The molecule has 0 fully saturated rings. The number of carbonyl (C=O) groups excluding carboxylic acids is 1. The zero-order valence-corrected chi connectivity index (χ0v) is 31.6. The molecule has 3 aromatic rings. The molecule has 0 aliphatic heterocycles. The monoisotopic (exact) mass is 691 g/mol. The molecule has 2 atom stereocenters. The van der Waals surface area contributed by atoms with E-state index in [1.54, 1.807) is 18.6 Å². The summed E-state index contributed by atoms with van der Waals surface area (Å²) in [5, 5.41) is 15.0. The van der Waals surface area contributed by atoms with E-state index in [0.717, 1.165) is 59.8 Å². The normalized spacial score (nSPS) is 16.0. The molecule has 1 N–H and O–H groups in total. The maximum absolute atomic E-state index is 14.2. The third-order valence-corrected chi connectivity index (χ3v) is 9.27. The predicted molar refractivity (Wildman–Crippen MR) is 217 cm³/mol. The second-order valence-corrected chi connectivity index (χ2v) is 14.2. The molecule has 0 saturated carbocycles. The minimum absolute atomic E-state index is 0.00320. The van der Waals surface area contributed by atoms with Crippen molar-refractivity contribution in [1.29, 1.82) is 0 Å². The highest BCUT2D eigenvalue weighted by atomic mass is 16.7. The van der Waals surface area contributed by atoms with Crippen molar-refractivity contribution in [3.05, 3.63) is 165 Å². The zero-order valence-electron chi connectivity index (χ0n) is 31.6. The van der Waals surface area contributed by atoms with Gasteiger partial charge in [0.25, 0.3) is 0 Å². The molecule has 2 unspecified atom stereocenters. The van der Waals surface area contributed by atoms with Gasteiger partial charge in [-0.05, 0) is 99.4 Å². The van der Waals surface area contributed by atoms with Crippen molar-refractivity contribution in [2.75, 3.05) is 0 Å². The smallest absolute Gasteiger partial charge is 0.238 e. The maximum Gasteiger partial charge on any atom is 0.238 e. The van der Waals surface area contributed by atoms with E-state index < -0.39 is 12.4 Å². The fourth-order valence-corrected chi connectivity index (χ4v) is 6.93. The number of aliphatic hydroxyl groups is 1. The number of rotatable bonds is 13. The molecule has 0 saturated heterocycles. The Hall–Kier alpha value is -4.93. The van der Waals surface area contributed by atoms with Gasteiger partial charge in [0, 0.05) is 37.0 Å². The summed E-state index contributed by atoms with van der Waals surface area (Å²) in [5.74, 6) is 1.20. The first-order chi connectivity index (χ1) is 24.9. The first-order valence-corrected chi connectivity index (χ1v) is 18.2. The number of para-hydroxylation sites is 1. The van der Waals surface area contributed by atoms with Crippen LogP contribution < -0.4 is 19.9 Å². The van der Waals surface area contributed by atoms with Gasteiger partial charge in [0.1, 0.15) is 11.5 Å². The average molecular weight is 692 g/mol. The van der Waals surface area contributed by atoms with Crippen LogP contribution in [0.5, 0.6) is 11.5 Å². The number of allylic oxidation sites excluding steroid dienone is 8. The molecule has 2 aliphatic rings. The van der Waals surface area contributed by atoms with Crippen molar-refractivity contribution in [1.82, 2.24) is 0 Å². The Morgan fingerprint density at radius 3 is 2.40 bits per heavy atom. The van der Waals surface area contributed by atoms with Crippen LogP contribution in [-0.2, 0) is 0 Å². The number of carbonyl (C=O) groups is 1. The molecule has 0 aromatic heterocycles. The van der Waals surface area contributed by atoms with Gasteiger partial charge in [0.05, 0.1) is 11.7 Å². The van der Waals surface area contributed by atoms with E-state index >= 15 is 0 Å². The lowest BCUT2D eigenvalue weighted by atomic mass is 9.88. The largest absolute Gasteiger partial charge is 0.455 e. The zero-order chi connectivity index (χ0) is 37.5. The van der Waals surface area contributed by atoms with Crippen molar-refractivity contribution in [3.8, 4) is 11.5 Å². The van der Waals surface area contributed by atoms with Gasteiger partial charge in [0.2, 0.25) is 6.29 Å². The van der Waals surface area contributed by atoms with Gasteiger partial charge in [-0.3, -0.25) is 4.79 Å². The molecule has 5 rings (SSSR count). The van der Waals surface area contributed by atoms with E-state index in [0.29, 0.717) is 23.5 Å². The van der Waals surface area contributed by atoms with E-state index in [1.807, 2.05) is 94.8 Å². The van der Waals surface area contributed by atoms with Crippen LogP contribution >= 0.6 is 0 Å². The molecular weight excluding hydrogens is 641 g/mol. The van der Waals surface area contributed by atoms with Crippen molar-refractivity contribution >= 4 is 35.7 Å². The lowest BCUT2D eigenvalue weighted by Crippen LogP contribution is -2.26. The summed E-state index contributed by atoms with van der Waals surface area (Å²) in [7, 11) is 0. The maximum atomic E-state index is 14.2. The van der Waals surface area contributed by atoms with Gasteiger partial charge >= 0.3 is 0 Å². The van der Waals surface area contributed by atoms with Crippen LogP contribution in [0.2, 0.25) is 0 Å². The Balaban J connectivity index is 1.87. The molecule has 52 heavy (non-hydrogen) atoms. The first-order valence-electron chi connectivity index (χ1n) is 18.2. The standard InChI is InChI=1S/C48H51O4/c1-10-19-38-35(11-2)28-42(44(50)27-31(5)6)48(52-34(9)51-45-25-18-17-24-40(45)37-22-14-12-13-20-32(37)7)47(38)46-33(8)41(43(49)26-30(3)4)29-36-21-15-16-23-39(36)46/h10-25,27-31,34,43,49H,1-2,26H2,3-9H3/b38-19+,47-46+. The van der Waals surface area contributed by atoms with E-state index in [2.05, 4.69) is 64.6 Å². The number of Topliss-reactive ketones (excluding diaryl/α,β-unsaturated/α-hetero) is 1. The van der Waals surface area contributed by atoms with Gasteiger partial charge < -0.3 is 14.6 Å². The highest BCUT2D eigenvalue weighted by molar-refractivity contribution is 6.05. The van der Waals surface area contributed by atoms with Gasteiger partial charge in [0.15, 0.2) is 5.78 Å². The van der Waals surface area contributed by atoms with Crippen LogP contribution in [0.15, 0.2) is 91.6 Å². The lowest BCUT2D eigenvalue weighted by molar-refractivity contribution is 0.0208. The number of hydrogen-bond donors (Lipinski definition) is 1. The topological polar surface area (TPSA) is 55.8 Å². The molecular formula is C48H51O4. The molecule has 4 nitrogen and oxygen atoms in total. The Kier molecular flexibility index (Phi) is 12.6. The quantitative estimate of drug-likeness (QED) is 0.143. The van der Waals surface area contributed by atoms with Crippen molar-refractivity contribution < 1.29 is 19.4 Å². The second-order valence-electron chi connectivity index (χ2n) is 14.2. The van der Waals surface area contributed by atoms with E-state index in [1.165, 1.54) is 0 Å². The van der Waals surface area contributed by atoms with Crippen LogP contribution in [0.1, 0.15) is 92.2 Å². The number of fused-ring (bicyclic) bond motifs is 1. The summed E-state index contributed by atoms with van der Waals surface area (Å²) < 4.78 is 13.6. The molecule has 4 heteroatoms. The van der Waals surface area contributed by atoms with Crippen LogP contribution in [0.25, 0.3) is 29.9 Å². The molecule has 3 aromatic carbocycles. The number of ketones is 1. The molecule has 0 spiro atoms. The van der Waals surface area contributed by atoms with Crippen LogP contribution in [0.3, 0.4) is 0 Å². The average Bonchev–Trinajstić information content (AvgIpc) is 3.32. The van der Waals surface area contributed by atoms with E-state index in [4.69, 9.17) is 9.47 Å².